The third-order valence-corrected chi connectivity index (χ3v) is 3.35. The zero-order chi connectivity index (χ0) is 15.9. The molecule has 0 bridgehead atoms. The number of furan rings is 1. The van der Waals surface area contributed by atoms with Crippen LogP contribution in [0.1, 0.15) is 19.1 Å². The average molecular weight is 308 g/mol. The van der Waals surface area contributed by atoms with E-state index >= 15 is 0 Å². The van der Waals surface area contributed by atoms with Gasteiger partial charge in [-0.25, -0.2) is 4.98 Å². The van der Waals surface area contributed by atoms with Crippen LogP contribution in [0.2, 0.25) is 0 Å². The maximum Gasteiger partial charge on any atom is 0.225 e. The van der Waals surface area contributed by atoms with Gasteiger partial charge in [0.2, 0.25) is 5.95 Å². The molecule has 0 aliphatic heterocycles. The molecule has 0 fully saturated rings. The molecule has 5 nitrogen and oxygen atoms in total. The van der Waals surface area contributed by atoms with Gasteiger partial charge in [-0.2, -0.15) is 4.98 Å². The van der Waals surface area contributed by atoms with Crippen molar-refractivity contribution in [2.45, 2.75) is 19.9 Å². The number of nitrogens with zero attached hydrogens (tertiary/aromatic N) is 2. The molecule has 0 aliphatic rings. The zero-order valence-corrected chi connectivity index (χ0v) is 13.1. The summed E-state index contributed by atoms with van der Waals surface area (Å²) < 4.78 is 5.34. The molecule has 118 valence electrons. The molecule has 0 saturated heterocycles. The van der Waals surface area contributed by atoms with E-state index in [4.69, 9.17) is 4.42 Å². The second-order valence-electron chi connectivity index (χ2n) is 5.19. The molecule has 2 heterocycles. The molecule has 2 N–H and O–H groups in total. The van der Waals surface area contributed by atoms with E-state index in [0.29, 0.717) is 12.5 Å². The van der Waals surface area contributed by atoms with Crippen LogP contribution in [0.4, 0.5) is 11.8 Å². The summed E-state index contributed by atoms with van der Waals surface area (Å²) in [4.78, 5) is 9.12. The van der Waals surface area contributed by atoms with Gasteiger partial charge in [0.25, 0.3) is 0 Å². The van der Waals surface area contributed by atoms with Gasteiger partial charge >= 0.3 is 0 Å². The predicted molar refractivity (Wildman–Crippen MR) is 92.3 cm³/mol. The monoisotopic (exact) mass is 308 g/mol. The van der Waals surface area contributed by atoms with Crippen molar-refractivity contribution in [1.82, 2.24) is 9.97 Å². The number of hydrogen-bond donors (Lipinski definition) is 2. The maximum absolute atomic E-state index is 5.34. The van der Waals surface area contributed by atoms with E-state index in [1.807, 2.05) is 48.5 Å². The fourth-order valence-electron chi connectivity index (χ4n) is 2.20. The van der Waals surface area contributed by atoms with Crippen LogP contribution in [0.5, 0.6) is 0 Å². The van der Waals surface area contributed by atoms with Crippen molar-refractivity contribution in [3.05, 3.63) is 60.6 Å². The van der Waals surface area contributed by atoms with Crippen molar-refractivity contribution >= 4 is 11.8 Å². The van der Waals surface area contributed by atoms with Crippen molar-refractivity contribution in [3.8, 4) is 11.3 Å². The highest BCUT2D eigenvalue weighted by molar-refractivity contribution is 5.64. The van der Waals surface area contributed by atoms with Gasteiger partial charge in [-0.15, -0.1) is 0 Å². The highest BCUT2D eigenvalue weighted by atomic mass is 16.3. The fourth-order valence-corrected chi connectivity index (χ4v) is 2.20. The second-order valence-corrected chi connectivity index (χ2v) is 5.19. The van der Waals surface area contributed by atoms with Crippen molar-refractivity contribution < 1.29 is 4.42 Å². The van der Waals surface area contributed by atoms with E-state index in [9.17, 15) is 0 Å². The van der Waals surface area contributed by atoms with E-state index in [0.717, 1.165) is 35.8 Å². The number of hydrogen-bond acceptors (Lipinski definition) is 5. The topological polar surface area (TPSA) is 63.0 Å². The van der Waals surface area contributed by atoms with Gasteiger partial charge in [0.15, 0.2) is 0 Å². The van der Waals surface area contributed by atoms with Crippen molar-refractivity contribution in [2.24, 2.45) is 0 Å². The Balaban J connectivity index is 1.84. The predicted octanol–water partition coefficient (Wildman–Crippen LogP) is 4.17. The van der Waals surface area contributed by atoms with Crippen LogP contribution in [0.3, 0.4) is 0 Å². The van der Waals surface area contributed by atoms with E-state index in [-0.39, 0.29) is 0 Å². The van der Waals surface area contributed by atoms with Gasteiger partial charge < -0.3 is 15.1 Å². The van der Waals surface area contributed by atoms with Gasteiger partial charge in [0, 0.05) is 18.2 Å². The molecule has 5 heteroatoms. The molecule has 0 radical (unpaired) electrons. The van der Waals surface area contributed by atoms with Crippen LogP contribution in [0.15, 0.2) is 59.2 Å². The number of rotatable bonds is 7. The molecule has 23 heavy (non-hydrogen) atoms. The number of nitrogens with one attached hydrogen (secondary N) is 2. The van der Waals surface area contributed by atoms with E-state index < -0.39 is 0 Å². The molecule has 1 aromatic carbocycles. The molecule has 0 unspecified atom stereocenters. The lowest BCUT2D eigenvalue weighted by atomic mass is 10.1. The van der Waals surface area contributed by atoms with Crippen LogP contribution in [0, 0.1) is 0 Å². The minimum Gasteiger partial charge on any atom is -0.467 e. The summed E-state index contributed by atoms with van der Waals surface area (Å²) in [5, 5.41) is 6.54. The van der Waals surface area contributed by atoms with Crippen molar-refractivity contribution in [3.63, 3.8) is 0 Å². The van der Waals surface area contributed by atoms with Crippen molar-refractivity contribution in [2.75, 3.05) is 17.2 Å². The SMILES string of the molecule is CCCNc1nc(NCc2ccco2)cc(-c2ccccc2)n1. The van der Waals surface area contributed by atoms with Crippen LogP contribution >= 0.6 is 0 Å². The minimum absolute atomic E-state index is 0.589. The lowest BCUT2D eigenvalue weighted by Gasteiger charge is -2.10. The van der Waals surface area contributed by atoms with Crippen LogP contribution < -0.4 is 10.6 Å². The Morgan fingerprint density at radius 1 is 1.00 bits per heavy atom. The molecule has 2 aromatic heterocycles. The summed E-state index contributed by atoms with van der Waals surface area (Å²) in [6, 6.07) is 15.9. The van der Waals surface area contributed by atoms with Crippen molar-refractivity contribution in [1.29, 1.82) is 0 Å². The summed E-state index contributed by atoms with van der Waals surface area (Å²) in [6.07, 6.45) is 2.69. The van der Waals surface area contributed by atoms with Gasteiger partial charge in [-0.1, -0.05) is 37.3 Å². The Hall–Kier alpha value is -2.82. The van der Waals surface area contributed by atoms with Crippen LogP contribution in [0.25, 0.3) is 11.3 Å². The van der Waals surface area contributed by atoms with E-state index in [1.165, 1.54) is 0 Å². The molecule has 3 rings (SSSR count). The Morgan fingerprint density at radius 2 is 1.87 bits per heavy atom. The van der Waals surface area contributed by atoms with Gasteiger partial charge in [-0.05, 0) is 18.6 Å². The minimum atomic E-state index is 0.589. The first-order chi connectivity index (χ1) is 11.3. The van der Waals surface area contributed by atoms with Gasteiger partial charge in [-0.3, -0.25) is 0 Å². The largest absolute Gasteiger partial charge is 0.467 e. The lowest BCUT2D eigenvalue weighted by Crippen LogP contribution is -2.08. The van der Waals surface area contributed by atoms with Crippen LogP contribution in [-0.4, -0.2) is 16.5 Å². The smallest absolute Gasteiger partial charge is 0.225 e. The van der Waals surface area contributed by atoms with Crippen LogP contribution in [-0.2, 0) is 6.54 Å². The summed E-state index contributed by atoms with van der Waals surface area (Å²) >= 11 is 0. The second kappa shape index (κ2) is 7.45. The third-order valence-electron chi connectivity index (χ3n) is 3.35. The first-order valence-electron chi connectivity index (χ1n) is 7.80. The fraction of sp³-hybridized carbons (Fsp3) is 0.222. The highest BCUT2D eigenvalue weighted by Crippen LogP contribution is 2.21. The molecule has 0 saturated carbocycles. The van der Waals surface area contributed by atoms with E-state index in [1.54, 1.807) is 6.26 Å². The zero-order valence-electron chi connectivity index (χ0n) is 13.1. The Bertz CT molecular complexity index is 726. The Labute approximate surface area is 135 Å². The third kappa shape index (κ3) is 4.10. The molecule has 0 spiro atoms. The molecule has 0 amide bonds. The Morgan fingerprint density at radius 3 is 2.61 bits per heavy atom. The number of anilines is 2. The summed E-state index contributed by atoms with van der Waals surface area (Å²) in [7, 11) is 0. The maximum atomic E-state index is 5.34. The molecule has 0 atom stereocenters. The molecular formula is C18H20N4O. The molecule has 3 aromatic rings. The Kier molecular flexibility index (Phi) is 4.88. The quantitative estimate of drug-likeness (QED) is 0.686. The normalized spacial score (nSPS) is 10.5. The van der Waals surface area contributed by atoms with Gasteiger partial charge in [0.1, 0.15) is 11.6 Å². The molecule has 0 aliphatic carbocycles. The summed E-state index contributed by atoms with van der Waals surface area (Å²) in [5.74, 6) is 2.27. The average Bonchev–Trinajstić information content (AvgIpc) is 3.12. The number of benzene rings is 1. The van der Waals surface area contributed by atoms with Gasteiger partial charge in [0.05, 0.1) is 18.5 Å². The first kappa shape index (κ1) is 15.1. The summed E-state index contributed by atoms with van der Waals surface area (Å²) in [5.41, 5.74) is 1.96. The molecular weight excluding hydrogens is 288 g/mol. The van der Waals surface area contributed by atoms with E-state index in [2.05, 4.69) is 27.5 Å². The number of aromatic nitrogens is 2. The highest BCUT2D eigenvalue weighted by Gasteiger charge is 2.07. The first-order valence-corrected chi connectivity index (χ1v) is 7.80. The summed E-state index contributed by atoms with van der Waals surface area (Å²) in [6.45, 7) is 3.55. The lowest BCUT2D eigenvalue weighted by molar-refractivity contribution is 0.518. The standard InChI is InChI=1S/C18H20N4O/c1-2-10-19-18-21-16(14-7-4-3-5-8-14)12-17(22-18)20-13-15-9-6-11-23-15/h3-9,11-12H,2,10,13H2,1H3,(H2,19,20,21,22).